The van der Waals surface area contributed by atoms with E-state index in [1.165, 1.54) is 37.3 Å². The molecule has 1 aliphatic heterocycles. The van der Waals surface area contributed by atoms with E-state index in [1.807, 2.05) is 0 Å². The van der Waals surface area contributed by atoms with Crippen molar-refractivity contribution in [3.05, 3.63) is 52.6 Å². The quantitative estimate of drug-likeness (QED) is 0.372. The van der Waals surface area contributed by atoms with Crippen molar-refractivity contribution in [1.82, 2.24) is 0 Å². The Labute approximate surface area is 183 Å². The summed E-state index contributed by atoms with van der Waals surface area (Å²) in [7, 11) is 2.91. The van der Waals surface area contributed by atoms with Crippen molar-refractivity contribution in [1.29, 1.82) is 0 Å². The van der Waals surface area contributed by atoms with Crippen LogP contribution in [0.1, 0.15) is 6.42 Å². The molecule has 0 radical (unpaired) electrons. The monoisotopic (exact) mass is 443 g/mol. The summed E-state index contributed by atoms with van der Waals surface area (Å²) in [4.78, 5) is 48.8. The van der Waals surface area contributed by atoms with E-state index in [-0.39, 0.29) is 30.2 Å². The zero-order valence-corrected chi connectivity index (χ0v) is 17.4. The number of nitrogens with one attached hydrogen (secondary N) is 1. The summed E-state index contributed by atoms with van der Waals surface area (Å²) in [5.41, 5.74) is 0.202. The third-order valence-electron chi connectivity index (χ3n) is 4.86. The minimum atomic E-state index is -0.758. The molecule has 11 heteroatoms. The smallest absolute Gasteiger partial charge is 0.311 e. The first kappa shape index (κ1) is 22.5. The van der Waals surface area contributed by atoms with Crippen molar-refractivity contribution in [3.63, 3.8) is 0 Å². The fraction of sp³-hybridized carbons (Fsp3) is 0.286. The van der Waals surface area contributed by atoms with E-state index in [0.29, 0.717) is 17.2 Å². The summed E-state index contributed by atoms with van der Waals surface area (Å²) in [6, 6.07) is 10.7. The van der Waals surface area contributed by atoms with Crippen LogP contribution in [0.3, 0.4) is 0 Å². The third kappa shape index (κ3) is 5.12. The van der Waals surface area contributed by atoms with E-state index in [0.717, 1.165) is 0 Å². The standard InChI is InChI=1S/C21H21N3O8/c1-30-15-5-3-14(4-6-15)23-11-13(9-20(23)26)21(27)32-12-19(25)22-17-10-16(31-2)7-8-18(17)24(28)29/h3-8,10,13H,9,11-12H2,1-2H3,(H,22,25)/t13-/m1/s1. The fourth-order valence-corrected chi connectivity index (χ4v) is 3.22. The van der Waals surface area contributed by atoms with Crippen LogP contribution in [0, 0.1) is 16.0 Å². The Bertz CT molecular complexity index is 1040. The van der Waals surface area contributed by atoms with Crippen LogP contribution in [0.15, 0.2) is 42.5 Å². The molecule has 2 amide bonds. The average Bonchev–Trinajstić information content (AvgIpc) is 3.18. The van der Waals surface area contributed by atoms with E-state index in [4.69, 9.17) is 14.2 Å². The Morgan fingerprint density at radius 2 is 1.78 bits per heavy atom. The summed E-state index contributed by atoms with van der Waals surface area (Å²) < 4.78 is 15.1. The average molecular weight is 443 g/mol. The molecule has 0 bridgehead atoms. The highest BCUT2D eigenvalue weighted by molar-refractivity contribution is 6.00. The number of benzene rings is 2. The molecule has 0 aliphatic carbocycles. The van der Waals surface area contributed by atoms with E-state index >= 15 is 0 Å². The van der Waals surface area contributed by atoms with Crippen LogP contribution < -0.4 is 19.7 Å². The molecule has 1 N–H and O–H groups in total. The molecule has 0 spiro atoms. The zero-order chi connectivity index (χ0) is 23.3. The first-order chi connectivity index (χ1) is 15.3. The lowest BCUT2D eigenvalue weighted by atomic mass is 10.1. The Morgan fingerprint density at radius 3 is 2.41 bits per heavy atom. The maximum Gasteiger partial charge on any atom is 0.311 e. The molecule has 0 unspecified atom stereocenters. The van der Waals surface area contributed by atoms with Crippen LogP contribution in [0.25, 0.3) is 0 Å². The Kier molecular flexibility index (Phi) is 6.88. The van der Waals surface area contributed by atoms with Crippen molar-refractivity contribution >= 4 is 34.8 Å². The number of hydrogen-bond donors (Lipinski definition) is 1. The van der Waals surface area contributed by atoms with Gasteiger partial charge in [-0.3, -0.25) is 24.5 Å². The number of carbonyl (C=O) groups excluding carboxylic acids is 3. The number of nitro groups is 1. The maximum absolute atomic E-state index is 12.4. The zero-order valence-electron chi connectivity index (χ0n) is 17.4. The number of anilines is 2. The molecule has 1 aliphatic rings. The van der Waals surface area contributed by atoms with Gasteiger partial charge in [-0.1, -0.05) is 0 Å². The highest BCUT2D eigenvalue weighted by Gasteiger charge is 2.36. The van der Waals surface area contributed by atoms with Gasteiger partial charge in [0.1, 0.15) is 17.2 Å². The van der Waals surface area contributed by atoms with Crippen molar-refractivity contribution in [2.75, 3.05) is 37.6 Å². The van der Waals surface area contributed by atoms with Gasteiger partial charge in [-0.25, -0.2) is 0 Å². The van der Waals surface area contributed by atoms with Crippen LogP contribution in [0.5, 0.6) is 11.5 Å². The lowest BCUT2D eigenvalue weighted by molar-refractivity contribution is -0.383. The van der Waals surface area contributed by atoms with E-state index in [1.54, 1.807) is 24.3 Å². The summed E-state index contributed by atoms with van der Waals surface area (Å²) in [6.45, 7) is -0.534. The molecule has 2 aromatic carbocycles. The minimum absolute atomic E-state index is 0.0478. The van der Waals surface area contributed by atoms with Crippen LogP contribution >= 0.6 is 0 Å². The number of ether oxygens (including phenoxy) is 3. The number of rotatable bonds is 8. The van der Waals surface area contributed by atoms with E-state index in [9.17, 15) is 24.5 Å². The lowest BCUT2D eigenvalue weighted by Crippen LogP contribution is -2.28. The third-order valence-corrected chi connectivity index (χ3v) is 4.86. The van der Waals surface area contributed by atoms with Gasteiger partial charge in [0, 0.05) is 30.8 Å². The second-order valence-corrected chi connectivity index (χ2v) is 6.90. The van der Waals surface area contributed by atoms with Crippen LogP contribution in [-0.4, -0.2) is 50.1 Å². The van der Waals surface area contributed by atoms with Gasteiger partial charge < -0.3 is 24.4 Å². The Balaban J connectivity index is 1.57. The Hall–Kier alpha value is -4.15. The van der Waals surface area contributed by atoms with Crippen molar-refractivity contribution in [2.24, 2.45) is 5.92 Å². The number of nitrogens with zero attached hydrogens (tertiary/aromatic N) is 2. The fourth-order valence-electron chi connectivity index (χ4n) is 3.22. The molecule has 3 rings (SSSR count). The number of amides is 2. The van der Waals surface area contributed by atoms with Crippen LogP contribution in [-0.2, 0) is 19.1 Å². The molecule has 2 aromatic rings. The van der Waals surface area contributed by atoms with Gasteiger partial charge in [0.05, 0.1) is 25.1 Å². The summed E-state index contributed by atoms with van der Waals surface area (Å²) in [6.07, 6.45) is -0.0478. The number of hydrogen-bond acceptors (Lipinski definition) is 8. The van der Waals surface area contributed by atoms with Gasteiger partial charge in [0.2, 0.25) is 5.91 Å². The number of carbonyl (C=O) groups is 3. The van der Waals surface area contributed by atoms with Gasteiger partial charge in [-0.2, -0.15) is 0 Å². The molecule has 1 saturated heterocycles. The number of nitro benzene ring substituents is 1. The highest BCUT2D eigenvalue weighted by atomic mass is 16.6. The van der Waals surface area contributed by atoms with Crippen molar-refractivity contribution in [3.8, 4) is 11.5 Å². The topological polar surface area (TPSA) is 137 Å². The van der Waals surface area contributed by atoms with Gasteiger partial charge in [-0.05, 0) is 30.3 Å². The molecule has 0 aromatic heterocycles. The normalized spacial score (nSPS) is 15.2. The SMILES string of the molecule is COc1ccc(N2C[C@H](C(=O)OCC(=O)Nc3cc(OC)ccc3[N+](=O)[O-])CC2=O)cc1. The molecule has 1 heterocycles. The summed E-state index contributed by atoms with van der Waals surface area (Å²) in [5, 5.41) is 13.5. The minimum Gasteiger partial charge on any atom is -0.497 e. The largest absolute Gasteiger partial charge is 0.497 e. The summed E-state index contributed by atoms with van der Waals surface area (Å²) in [5.74, 6) is -1.49. The first-order valence-corrected chi connectivity index (χ1v) is 9.55. The number of esters is 1. The molecule has 1 fully saturated rings. The van der Waals surface area contributed by atoms with Crippen molar-refractivity contribution < 1.29 is 33.5 Å². The molecule has 1 atom stereocenters. The molecule has 168 valence electrons. The molecular weight excluding hydrogens is 422 g/mol. The molecule has 32 heavy (non-hydrogen) atoms. The second-order valence-electron chi connectivity index (χ2n) is 6.90. The summed E-state index contributed by atoms with van der Waals surface area (Å²) >= 11 is 0. The molecule has 0 saturated carbocycles. The molecule has 11 nitrogen and oxygen atoms in total. The molecular formula is C21H21N3O8. The predicted octanol–water partition coefficient (Wildman–Crippen LogP) is 2.15. The van der Waals surface area contributed by atoms with Crippen molar-refractivity contribution in [2.45, 2.75) is 6.42 Å². The number of methoxy groups -OCH3 is 2. The van der Waals surface area contributed by atoms with E-state index in [2.05, 4.69) is 5.32 Å². The van der Waals surface area contributed by atoms with Gasteiger partial charge >= 0.3 is 5.97 Å². The first-order valence-electron chi connectivity index (χ1n) is 9.55. The van der Waals surface area contributed by atoms with Gasteiger partial charge in [0.25, 0.3) is 11.6 Å². The Morgan fingerprint density at radius 1 is 1.12 bits per heavy atom. The van der Waals surface area contributed by atoms with Gasteiger partial charge in [0.15, 0.2) is 6.61 Å². The predicted molar refractivity (Wildman–Crippen MR) is 113 cm³/mol. The van der Waals surface area contributed by atoms with Crippen LogP contribution in [0.2, 0.25) is 0 Å². The lowest BCUT2D eigenvalue weighted by Gasteiger charge is -2.17. The van der Waals surface area contributed by atoms with E-state index < -0.39 is 29.3 Å². The van der Waals surface area contributed by atoms with Crippen LogP contribution in [0.4, 0.5) is 17.1 Å². The highest BCUT2D eigenvalue weighted by Crippen LogP contribution is 2.29. The maximum atomic E-state index is 12.4. The second kappa shape index (κ2) is 9.77. The van der Waals surface area contributed by atoms with Gasteiger partial charge in [-0.15, -0.1) is 0 Å².